The molecule has 0 bridgehead atoms. The van der Waals surface area contributed by atoms with Gasteiger partial charge in [-0.15, -0.1) is 0 Å². The summed E-state index contributed by atoms with van der Waals surface area (Å²) in [6.45, 7) is 1.51. The lowest BCUT2D eigenvalue weighted by molar-refractivity contribution is 0.573. The number of hydrogen-bond donors (Lipinski definition) is 0. The fraction of sp³-hybridized carbons (Fsp3) is 0.0400. The van der Waals surface area contributed by atoms with Gasteiger partial charge in [0.2, 0.25) is 0 Å². The van der Waals surface area contributed by atoms with Gasteiger partial charge >= 0.3 is 0 Å². The van der Waals surface area contributed by atoms with Crippen LogP contribution < -0.4 is 0 Å². The van der Waals surface area contributed by atoms with Crippen molar-refractivity contribution < 1.29 is 22.0 Å². The lowest BCUT2D eigenvalue weighted by Crippen LogP contribution is -1.97. The van der Waals surface area contributed by atoms with Gasteiger partial charge in [0.15, 0.2) is 0 Å². The highest BCUT2D eigenvalue weighted by atomic mass is 19.1. The fourth-order valence-electron chi connectivity index (χ4n) is 3.24. The van der Waals surface area contributed by atoms with Crippen molar-refractivity contribution in [2.75, 3.05) is 0 Å². The van der Waals surface area contributed by atoms with Gasteiger partial charge in [-0.25, -0.2) is 22.0 Å². The molecule has 5 heteroatoms. The normalized spacial score (nSPS) is 10.7. The molecule has 4 aromatic carbocycles. The van der Waals surface area contributed by atoms with E-state index in [2.05, 4.69) is 11.8 Å². The van der Waals surface area contributed by atoms with Gasteiger partial charge < -0.3 is 0 Å². The Morgan fingerprint density at radius 3 is 1.87 bits per heavy atom. The van der Waals surface area contributed by atoms with Crippen molar-refractivity contribution in [2.24, 2.45) is 0 Å². The Balaban J connectivity index is 1.73. The molecule has 0 N–H and O–H groups in total. The maximum absolute atomic E-state index is 14.5. The van der Waals surface area contributed by atoms with Crippen molar-refractivity contribution in [3.8, 4) is 23.0 Å². The van der Waals surface area contributed by atoms with E-state index in [0.717, 1.165) is 29.7 Å². The van der Waals surface area contributed by atoms with Crippen LogP contribution in [0.2, 0.25) is 0 Å². The molecule has 148 valence electrons. The monoisotopic (exact) mass is 408 g/mol. The lowest BCUT2D eigenvalue weighted by atomic mass is 10.00. The van der Waals surface area contributed by atoms with Crippen LogP contribution in [0.1, 0.15) is 16.7 Å². The standard InChI is InChI=1S/C25H13F5/c1-14-8-23(29)25(24(30)9-14)18-12-21(27)20(22(28)13-18)7-3-15-2-4-17-11-19(26)6-5-16(17)10-15/h2,4-6,8-13H,1H3. The van der Waals surface area contributed by atoms with E-state index in [1.165, 1.54) is 19.1 Å². The second-order valence-electron chi connectivity index (χ2n) is 6.87. The summed E-state index contributed by atoms with van der Waals surface area (Å²) in [5.74, 6) is 0.862. The van der Waals surface area contributed by atoms with E-state index in [1.54, 1.807) is 24.3 Å². The molecule has 0 aliphatic carbocycles. The molecule has 0 aliphatic rings. The second kappa shape index (κ2) is 7.64. The molecule has 0 nitrogen and oxygen atoms in total. The SMILES string of the molecule is Cc1cc(F)c(-c2cc(F)c(C#Cc3ccc4cc(F)ccc4c3)c(F)c2)c(F)c1. The van der Waals surface area contributed by atoms with Crippen molar-refractivity contribution in [1.82, 2.24) is 0 Å². The van der Waals surface area contributed by atoms with Crippen LogP contribution >= 0.6 is 0 Å². The van der Waals surface area contributed by atoms with Crippen LogP contribution in [0.15, 0.2) is 60.7 Å². The molecule has 0 fully saturated rings. The molecule has 0 aliphatic heterocycles. The second-order valence-corrected chi connectivity index (χ2v) is 6.87. The first-order chi connectivity index (χ1) is 14.3. The summed E-state index contributed by atoms with van der Waals surface area (Å²) in [7, 11) is 0. The summed E-state index contributed by atoms with van der Waals surface area (Å²) < 4.78 is 70.6. The molecule has 0 amide bonds. The molecule has 0 aromatic heterocycles. The Morgan fingerprint density at radius 2 is 1.20 bits per heavy atom. The van der Waals surface area contributed by atoms with Gasteiger partial charge in [0.25, 0.3) is 0 Å². The molecule has 0 heterocycles. The van der Waals surface area contributed by atoms with Gasteiger partial charge in [-0.1, -0.05) is 24.0 Å². The number of fused-ring (bicyclic) bond motifs is 1. The van der Waals surface area contributed by atoms with Gasteiger partial charge in [0, 0.05) is 5.56 Å². The lowest BCUT2D eigenvalue weighted by Gasteiger charge is -2.08. The van der Waals surface area contributed by atoms with Gasteiger partial charge in [0.1, 0.15) is 29.1 Å². The average molecular weight is 408 g/mol. The van der Waals surface area contributed by atoms with Gasteiger partial charge in [0.05, 0.1) is 11.1 Å². The molecule has 4 aromatic rings. The van der Waals surface area contributed by atoms with Gasteiger partial charge in [-0.05, 0) is 77.4 Å². The van der Waals surface area contributed by atoms with Crippen molar-refractivity contribution in [3.63, 3.8) is 0 Å². The Kier molecular flexibility index (Phi) is 5.01. The molecule has 0 saturated heterocycles. The van der Waals surface area contributed by atoms with Crippen LogP contribution in [-0.4, -0.2) is 0 Å². The number of rotatable bonds is 1. The largest absolute Gasteiger partial charge is 0.207 e. The summed E-state index contributed by atoms with van der Waals surface area (Å²) in [6.07, 6.45) is 0. The number of hydrogen-bond acceptors (Lipinski definition) is 0. The van der Waals surface area contributed by atoms with Gasteiger partial charge in [-0.2, -0.15) is 0 Å². The Hall–Kier alpha value is -3.65. The molecule has 30 heavy (non-hydrogen) atoms. The summed E-state index contributed by atoms with van der Waals surface area (Å²) >= 11 is 0. The van der Waals surface area contributed by atoms with E-state index >= 15 is 0 Å². The van der Waals surface area contributed by atoms with E-state index in [4.69, 9.17) is 0 Å². The van der Waals surface area contributed by atoms with Crippen molar-refractivity contribution in [2.45, 2.75) is 6.92 Å². The third-order valence-corrected chi connectivity index (χ3v) is 4.65. The average Bonchev–Trinajstić information content (AvgIpc) is 2.66. The van der Waals surface area contributed by atoms with Crippen LogP contribution in [0, 0.1) is 47.9 Å². The van der Waals surface area contributed by atoms with Crippen molar-refractivity contribution >= 4 is 10.8 Å². The predicted molar refractivity (Wildman–Crippen MR) is 106 cm³/mol. The number of aryl methyl sites for hydroxylation is 1. The summed E-state index contributed by atoms with van der Waals surface area (Å²) in [5.41, 5.74) is -0.424. The maximum atomic E-state index is 14.5. The summed E-state index contributed by atoms with van der Waals surface area (Å²) in [4.78, 5) is 0. The molecule has 0 spiro atoms. The maximum Gasteiger partial charge on any atom is 0.142 e. The zero-order chi connectivity index (χ0) is 21.4. The topological polar surface area (TPSA) is 0 Å². The van der Waals surface area contributed by atoms with Crippen molar-refractivity contribution in [3.05, 3.63) is 106 Å². The third-order valence-electron chi connectivity index (χ3n) is 4.65. The Bertz CT molecular complexity index is 1310. The molecule has 0 unspecified atom stereocenters. The minimum Gasteiger partial charge on any atom is -0.207 e. The highest BCUT2D eigenvalue weighted by molar-refractivity contribution is 5.84. The molecule has 0 saturated carbocycles. The van der Waals surface area contributed by atoms with Gasteiger partial charge in [-0.3, -0.25) is 0 Å². The predicted octanol–water partition coefficient (Wildman–Crippen LogP) is 6.91. The third kappa shape index (κ3) is 3.77. The highest BCUT2D eigenvalue weighted by Gasteiger charge is 2.17. The van der Waals surface area contributed by atoms with E-state index in [0.29, 0.717) is 16.5 Å². The first-order valence-electron chi connectivity index (χ1n) is 8.98. The quantitative estimate of drug-likeness (QED) is 0.237. The minimum absolute atomic E-state index is 0.252. The van der Waals surface area contributed by atoms with E-state index < -0.39 is 34.4 Å². The first kappa shape index (κ1) is 19.7. The zero-order valence-corrected chi connectivity index (χ0v) is 15.7. The molecular formula is C25H13F5. The van der Waals surface area contributed by atoms with E-state index in [9.17, 15) is 22.0 Å². The Labute approximate surface area is 169 Å². The van der Waals surface area contributed by atoms with Crippen LogP contribution in [0.3, 0.4) is 0 Å². The van der Waals surface area contributed by atoms with Crippen LogP contribution in [0.5, 0.6) is 0 Å². The Morgan fingerprint density at radius 1 is 0.600 bits per heavy atom. The minimum atomic E-state index is -1.03. The molecule has 0 atom stereocenters. The number of benzene rings is 4. The summed E-state index contributed by atoms with van der Waals surface area (Å²) in [5, 5.41) is 1.40. The van der Waals surface area contributed by atoms with Crippen LogP contribution in [0.4, 0.5) is 22.0 Å². The van der Waals surface area contributed by atoms with E-state index in [1.807, 2.05) is 0 Å². The highest BCUT2D eigenvalue weighted by Crippen LogP contribution is 2.30. The summed E-state index contributed by atoms with van der Waals surface area (Å²) in [6, 6.07) is 13.1. The first-order valence-corrected chi connectivity index (χ1v) is 8.98. The number of halogens is 5. The molecule has 0 radical (unpaired) electrons. The van der Waals surface area contributed by atoms with E-state index in [-0.39, 0.29) is 11.4 Å². The van der Waals surface area contributed by atoms with Crippen molar-refractivity contribution in [1.29, 1.82) is 0 Å². The smallest absolute Gasteiger partial charge is 0.142 e. The molecular weight excluding hydrogens is 395 g/mol. The molecule has 4 rings (SSSR count). The fourth-order valence-corrected chi connectivity index (χ4v) is 3.24. The zero-order valence-electron chi connectivity index (χ0n) is 15.7. The van der Waals surface area contributed by atoms with Crippen LogP contribution in [-0.2, 0) is 0 Å². The van der Waals surface area contributed by atoms with Crippen LogP contribution in [0.25, 0.3) is 21.9 Å².